The zero-order valence-corrected chi connectivity index (χ0v) is 12.5. The minimum atomic E-state index is -0.565. The summed E-state index contributed by atoms with van der Waals surface area (Å²) in [6.45, 7) is 2.88. The average Bonchev–Trinajstić information content (AvgIpc) is 2.86. The number of aryl methyl sites for hydroxylation is 2. The molecule has 0 saturated carbocycles. The summed E-state index contributed by atoms with van der Waals surface area (Å²) in [5.41, 5.74) is 3.75. The molecule has 1 heterocycles. The summed E-state index contributed by atoms with van der Waals surface area (Å²) in [5.74, 6) is 0. The van der Waals surface area contributed by atoms with E-state index in [1.54, 1.807) is 0 Å². The van der Waals surface area contributed by atoms with E-state index >= 15 is 0 Å². The fourth-order valence-electron chi connectivity index (χ4n) is 3.78. The van der Waals surface area contributed by atoms with Crippen molar-refractivity contribution in [2.24, 2.45) is 0 Å². The van der Waals surface area contributed by atoms with Gasteiger partial charge in [0, 0.05) is 19.4 Å². The van der Waals surface area contributed by atoms with Crippen LogP contribution in [0, 0.1) is 0 Å². The molecule has 20 heavy (non-hydrogen) atoms. The van der Waals surface area contributed by atoms with Gasteiger partial charge in [-0.05, 0) is 48.8 Å². The van der Waals surface area contributed by atoms with Crippen molar-refractivity contribution in [1.82, 2.24) is 0 Å². The highest BCUT2D eigenvalue weighted by Crippen LogP contribution is 2.31. The maximum Gasteiger partial charge on any atom is 0.0734 e. The highest BCUT2D eigenvalue weighted by atomic mass is 16.5. The van der Waals surface area contributed by atoms with Crippen LogP contribution in [0.4, 0.5) is 0 Å². The van der Waals surface area contributed by atoms with Crippen LogP contribution in [0.25, 0.3) is 0 Å². The van der Waals surface area contributed by atoms with Gasteiger partial charge in [-0.15, -0.1) is 0 Å². The molecule has 0 spiro atoms. The first kappa shape index (κ1) is 14.1. The quantitative estimate of drug-likeness (QED) is 0.911. The minimum Gasteiger partial charge on any atom is -0.389 e. The molecule has 3 rings (SSSR count). The zero-order chi connectivity index (χ0) is 14.0. The van der Waals surface area contributed by atoms with E-state index < -0.39 is 5.60 Å². The summed E-state index contributed by atoms with van der Waals surface area (Å²) in [6.07, 6.45) is 8.50. The lowest BCUT2D eigenvalue weighted by atomic mass is 9.83. The number of hydrogen-bond acceptors (Lipinski definition) is 2. The smallest absolute Gasteiger partial charge is 0.0734 e. The van der Waals surface area contributed by atoms with Crippen LogP contribution in [0.2, 0.25) is 0 Å². The van der Waals surface area contributed by atoms with Crippen molar-refractivity contribution in [2.45, 2.75) is 70.0 Å². The van der Waals surface area contributed by atoms with Gasteiger partial charge in [0.05, 0.1) is 11.7 Å². The predicted molar refractivity (Wildman–Crippen MR) is 81.0 cm³/mol. The molecule has 1 aromatic carbocycles. The summed E-state index contributed by atoms with van der Waals surface area (Å²) in [6, 6.07) is 6.81. The molecule has 1 aliphatic heterocycles. The Morgan fingerprint density at radius 2 is 2.15 bits per heavy atom. The van der Waals surface area contributed by atoms with Gasteiger partial charge < -0.3 is 9.84 Å². The molecule has 2 aliphatic rings. The number of rotatable bonds is 4. The number of ether oxygens (including phenoxy) is 1. The van der Waals surface area contributed by atoms with Gasteiger partial charge in [-0.25, -0.2) is 0 Å². The van der Waals surface area contributed by atoms with E-state index in [2.05, 4.69) is 25.1 Å². The molecule has 0 radical (unpaired) electrons. The van der Waals surface area contributed by atoms with Crippen LogP contribution in [-0.4, -0.2) is 23.4 Å². The molecule has 0 bridgehead atoms. The molecule has 1 aromatic rings. The Balaban J connectivity index is 1.69. The van der Waals surface area contributed by atoms with Crippen LogP contribution in [-0.2, 0) is 24.0 Å². The molecule has 1 saturated heterocycles. The third kappa shape index (κ3) is 3.07. The summed E-state index contributed by atoms with van der Waals surface area (Å²) in [5, 5.41) is 10.9. The van der Waals surface area contributed by atoms with Crippen LogP contribution >= 0.6 is 0 Å². The number of benzene rings is 1. The maximum absolute atomic E-state index is 10.9. The summed E-state index contributed by atoms with van der Waals surface area (Å²) >= 11 is 0. The SMILES string of the molecule is CCCC1CC(O)(Cc2ccc3c(c2)CCC3)CCO1. The van der Waals surface area contributed by atoms with E-state index in [1.807, 2.05) is 0 Å². The van der Waals surface area contributed by atoms with E-state index in [-0.39, 0.29) is 6.10 Å². The van der Waals surface area contributed by atoms with Crippen molar-refractivity contribution in [3.8, 4) is 0 Å². The third-order valence-corrected chi connectivity index (χ3v) is 4.84. The molecule has 1 fully saturated rings. The lowest BCUT2D eigenvalue weighted by Crippen LogP contribution is -2.42. The Hall–Kier alpha value is -0.860. The van der Waals surface area contributed by atoms with Crippen molar-refractivity contribution < 1.29 is 9.84 Å². The van der Waals surface area contributed by atoms with Gasteiger partial charge in [0.15, 0.2) is 0 Å². The Bertz CT molecular complexity index is 466. The average molecular weight is 274 g/mol. The first-order chi connectivity index (χ1) is 9.68. The number of fused-ring (bicyclic) bond motifs is 1. The molecule has 2 nitrogen and oxygen atoms in total. The van der Waals surface area contributed by atoms with Crippen LogP contribution < -0.4 is 0 Å². The van der Waals surface area contributed by atoms with E-state index in [4.69, 9.17) is 4.74 Å². The lowest BCUT2D eigenvalue weighted by Gasteiger charge is -2.37. The monoisotopic (exact) mass is 274 g/mol. The lowest BCUT2D eigenvalue weighted by molar-refractivity contribution is -0.104. The second-order valence-corrected chi connectivity index (χ2v) is 6.59. The Kier molecular flexibility index (Phi) is 4.13. The molecule has 0 amide bonds. The van der Waals surface area contributed by atoms with Crippen molar-refractivity contribution in [2.75, 3.05) is 6.61 Å². The Morgan fingerprint density at radius 3 is 3.00 bits per heavy atom. The van der Waals surface area contributed by atoms with Crippen molar-refractivity contribution >= 4 is 0 Å². The third-order valence-electron chi connectivity index (χ3n) is 4.84. The van der Waals surface area contributed by atoms with Crippen molar-refractivity contribution in [3.05, 3.63) is 34.9 Å². The van der Waals surface area contributed by atoms with E-state index in [0.717, 1.165) is 32.1 Å². The standard InChI is InChI=1S/C18H26O2/c1-2-4-17-13-18(19,9-10-20-17)12-14-7-8-15-5-3-6-16(15)11-14/h7-8,11,17,19H,2-6,9-10,12-13H2,1H3. The first-order valence-corrected chi connectivity index (χ1v) is 8.13. The molecule has 1 aliphatic carbocycles. The number of aliphatic hydroxyl groups is 1. The van der Waals surface area contributed by atoms with Gasteiger partial charge in [0.2, 0.25) is 0 Å². The molecule has 0 aromatic heterocycles. The molecule has 2 heteroatoms. The molecule has 2 atom stereocenters. The van der Waals surface area contributed by atoms with Gasteiger partial charge in [-0.1, -0.05) is 31.5 Å². The van der Waals surface area contributed by atoms with Gasteiger partial charge in [-0.2, -0.15) is 0 Å². The van der Waals surface area contributed by atoms with Gasteiger partial charge >= 0.3 is 0 Å². The fourth-order valence-corrected chi connectivity index (χ4v) is 3.78. The molecule has 2 unspecified atom stereocenters. The van der Waals surface area contributed by atoms with Gasteiger partial charge in [0.25, 0.3) is 0 Å². The van der Waals surface area contributed by atoms with E-state index in [9.17, 15) is 5.11 Å². The van der Waals surface area contributed by atoms with E-state index in [0.29, 0.717) is 6.61 Å². The second-order valence-electron chi connectivity index (χ2n) is 6.59. The largest absolute Gasteiger partial charge is 0.389 e. The zero-order valence-electron chi connectivity index (χ0n) is 12.5. The highest BCUT2D eigenvalue weighted by Gasteiger charge is 2.34. The number of hydrogen-bond donors (Lipinski definition) is 1. The summed E-state index contributed by atoms with van der Waals surface area (Å²) in [7, 11) is 0. The normalized spacial score (nSPS) is 29.4. The van der Waals surface area contributed by atoms with Crippen LogP contribution in [0.3, 0.4) is 0 Å². The van der Waals surface area contributed by atoms with Crippen LogP contribution in [0.5, 0.6) is 0 Å². The Labute approximate surface area is 122 Å². The van der Waals surface area contributed by atoms with Crippen LogP contribution in [0.15, 0.2) is 18.2 Å². The molecule has 1 N–H and O–H groups in total. The van der Waals surface area contributed by atoms with Crippen molar-refractivity contribution in [3.63, 3.8) is 0 Å². The molecular formula is C18H26O2. The molecular weight excluding hydrogens is 248 g/mol. The molecule has 110 valence electrons. The first-order valence-electron chi connectivity index (χ1n) is 8.13. The predicted octanol–water partition coefficient (Wildman–Crippen LogP) is 3.43. The highest BCUT2D eigenvalue weighted by molar-refractivity contribution is 5.35. The minimum absolute atomic E-state index is 0.244. The summed E-state index contributed by atoms with van der Waals surface area (Å²) < 4.78 is 5.77. The van der Waals surface area contributed by atoms with Gasteiger partial charge in [-0.3, -0.25) is 0 Å². The van der Waals surface area contributed by atoms with E-state index in [1.165, 1.54) is 36.0 Å². The van der Waals surface area contributed by atoms with Crippen LogP contribution in [0.1, 0.15) is 55.7 Å². The van der Waals surface area contributed by atoms with Gasteiger partial charge in [0.1, 0.15) is 0 Å². The van der Waals surface area contributed by atoms with Crippen molar-refractivity contribution in [1.29, 1.82) is 0 Å². The fraction of sp³-hybridized carbons (Fsp3) is 0.667. The Morgan fingerprint density at radius 1 is 1.30 bits per heavy atom. The summed E-state index contributed by atoms with van der Waals surface area (Å²) in [4.78, 5) is 0. The maximum atomic E-state index is 10.9. The topological polar surface area (TPSA) is 29.5 Å². The second kappa shape index (κ2) is 5.87.